The first kappa shape index (κ1) is 14.4. The quantitative estimate of drug-likeness (QED) is 0.920. The largest absolute Gasteiger partial charge is 0.481 e. The van der Waals surface area contributed by atoms with Crippen molar-refractivity contribution in [1.82, 2.24) is 4.90 Å². The zero-order valence-electron chi connectivity index (χ0n) is 10.3. The highest BCUT2D eigenvalue weighted by atomic mass is 79.9. The van der Waals surface area contributed by atoms with Gasteiger partial charge >= 0.3 is 5.97 Å². The first-order valence-electron chi connectivity index (χ1n) is 6.06. The number of hydrogen-bond acceptors (Lipinski definition) is 3. The number of halogens is 2. The van der Waals surface area contributed by atoms with Gasteiger partial charge in [0, 0.05) is 19.1 Å². The van der Waals surface area contributed by atoms with Crippen LogP contribution in [0.2, 0.25) is 0 Å². The minimum Gasteiger partial charge on any atom is -0.481 e. The van der Waals surface area contributed by atoms with Gasteiger partial charge < -0.3 is 9.84 Å². The van der Waals surface area contributed by atoms with Crippen LogP contribution in [0.4, 0.5) is 4.39 Å². The van der Waals surface area contributed by atoms with E-state index >= 15 is 0 Å². The van der Waals surface area contributed by atoms with E-state index in [1.807, 2.05) is 0 Å². The Hall–Kier alpha value is -0.980. The van der Waals surface area contributed by atoms with Crippen molar-refractivity contribution in [3.63, 3.8) is 0 Å². The van der Waals surface area contributed by atoms with Crippen LogP contribution in [0.1, 0.15) is 18.0 Å². The normalized spacial score (nSPS) is 18.2. The zero-order chi connectivity index (χ0) is 13.8. The van der Waals surface area contributed by atoms with E-state index in [0.717, 1.165) is 5.56 Å². The minimum atomic E-state index is -0.864. The Morgan fingerprint density at radius 3 is 2.74 bits per heavy atom. The first-order chi connectivity index (χ1) is 9.08. The van der Waals surface area contributed by atoms with Crippen LogP contribution in [0.5, 0.6) is 0 Å². The standard InChI is InChI=1S/C13H15BrFNO3/c14-10-7-9(1-2-11(10)15)12(8-13(17)18)16-3-5-19-6-4-16/h1-2,7,12H,3-6,8H2,(H,17,18). The van der Waals surface area contributed by atoms with E-state index in [2.05, 4.69) is 20.8 Å². The topological polar surface area (TPSA) is 49.8 Å². The highest BCUT2D eigenvalue weighted by molar-refractivity contribution is 9.10. The van der Waals surface area contributed by atoms with Gasteiger partial charge in [-0.2, -0.15) is 0 Å². The van der Waals surface area contributed by atoms with Gasteiger partial charge in [0.05, 0.1) is 24.1 Å². The van der Waals surface area contributed by atoms with Gasteiger partial charge in [-0.25, -0.2) is 4.39 Å². The summed E-state index contributed by atoms with van der Waals surface area (Å²) < 4.78 is 18.9. The maximum atomic E-state index is 13.3. The fourth-order valence-corrected chi connectivity index (χ4v) is 2.63. The summed E-state index contributed by atoms with van der Waals surface area (Å²) in [4.78, 5) is 13.1. The molecule has 1 saturated heterocycles. The number of carbonyl (C=O) groups is 1. The van der Waals surface area contributed by atoms with Crippen LogP contribution in [-0.4, -0.2) is 42.3 Å². The molecule has 0 aliphatic carbocycles. The molecule has 1 aromatic carbocycles. The van der Waals surface area contributed by atoms with Gasteiger partial charge in [0.1, 0.15) is 5.82 Å². The number of benzene rings is 1. The van der Waals surface area contributed by atoms with E-state index in [1.54, 1.807) is 12.1 Å². The molecule has 19 heavy (non-hydrogen) atoms. The van der Waals surface area contributed by atoms with Crippen LogP contribution in [0.15, 0.2) is 22.7 Å². The Bertz CT molecular complexity index is 463. The number of hydrogen-bond donors (Lipinski definition) is 1. The Balaban J connectivity index is 2.24. The predicted molar refractivity (Wildman–Crippen MR) is 71.5 cm³/mol. The molecule has 2 rings (SSSR count). The summed E-state index contributed by atoms with van der Waals surface area (Å²) >= 11 is 3.14. The van der Waals surface area contributed by atoms with Crippen molar-refractivity contribution in [3.05, 3.63) is 34.1 Å². The highest BCUT2D eigenvalue weighted by Gasteiger charge is 2.25. The van der Waals surface area contributed by atoms with Gasteiger partial charge in [0.15, 0.2) is 0 Å². The van der Waals surface area contributed by atoms with Crippen molar-refractivity contribution in [3.8, 4) is 0 Å². The average molecular weight is 332 g/mol. The summed E-state index contributed by atoms with van der Waals surface area (Å²) in [6, 6.07) is 4.40. The second-order valence-electron chi connectivity index (χ2n) is 4.44. The van der Waals surface area contributed by atoms with E-state index in [4.69, 9.17) is 9.84 Å². The molecular formula is C13H15BrFNO3. The van der Waals surface area contributed by atoms with Gasteiger partial charge in [-0.15, -0.1) is 0 Å². The molecule has 1 N–H and O–H groups in total. The lowest BCUT2D eigenvalue weighted by Crippen LogP contribution is -2.39. The molecular weight excluding hydrogens is 317 g/mol. The van der Waals surface area contributed by atoms with Crippen molar-refractivity contribution in [2.45, 2.75) is 12.5 Å². The van der Waals surface area contributed by atoms with Crippen molar-refractivity contribution < 1.29 is 19.0 Å². The Kier molecular flexibility index (Phi) is 4.90. The number of nitrogens with zero attached hydrogens (tertiary/aromatic N) is 1. The molecule has 4 nitrogen and oxygen atoms in total. The molecule has 1 fully saturated rings. The SMILES string of the molecule is O=C(O)CC(c1ccc(F)c(Br)c1)N1CCOCC1. The van der Waals surface area contributed by atoms with Gasteiger partial charge in [0.25, 0.3) is 0 Å². The summed E-state index contributed by atoms with van der Waals surface area (Å²) in [5.74, 6) is -1.21. The molecule has 0 spiro atoms. The third-order valence-electron chi connectivity index (χ3n) is 3.18. The van der Waals surface area contributed by atoms with E-state index < -0.39 is 5.97 Å². The van der Waals surface area contributed by atoms with E-state index in [0.29, 0.717) is 30.8 Å². The molecule has 1 heterocycles. The first-order valence-corrected chi connectivity index (χ1v) is 6.86. The molecule has 104 valence electrons. The van der Waals surface area contributed by atoms with Crippen molar-refractivity contribution >= 4 is 21.9 Å². The molecule has 6 heteroatoms. The number of morpholine rings is 1. The monoisotopic (exact) mass is 331 g/mol. The Morgan fingerprint density at radius 2 is 2.16 bits per heavy atom. The average Bonchev–Trinajstić information content (AvgIpc) is 2.40. The lowest BCUT2D eigenvalue weighted by atomic mass is 10.0. The van der Waals surface area contributed by atoms with Crippen molar-refractivity contribution in [1.29, 1.82) is 0 Å². The molecule has 0 aromatic heterocycles. The number of carboxylic acids is 1. The molecule has 1 aliphatic rings. The summed E-state index contributed by atoms with van der Waals surface area (Å²) in [5, 5.41) is 9.06. The fraction of sp³-hybridized carbons (Fsp3) is 0.462. The summed E-state index contributed by atoms with van der Waals surface area (Å²) in [6.45, 7) is 2.57. The number of aliphatic carboxylic acids is 1. The number of rotatable bonds is 4. The zero-order valence-corrected chi connectivity index (χ0v) is 11.9. The van der Waals surface area contributed by atoms with Crippen LogP contribution < -0.4 is 0 Å². The molecule has 0 radical (unpaired) electrons. The smallest absolute Gasteiger partial charge is 0.305 e. The summed E-state index contributed by atoms with van der Waals surface area (Å²) in [5.41, 5.74) is 0.803. The third-order valence-corrected chi connectivity index (χ3v) is 3.79. The highest BCUT2D eigenvalue weighted by Crippen LogP contribution is 2.28. The minimum absolute atomic E-state index is 0.00191. The van der Waals surface area contributed by atoms with Crippen LogP contribution in [-0.2, 0) is 9.53 Å². The molecule has 1 aromatic rings. The third kappa shape index (κ3) is 3.75. The molecule has 1 atom stereocenters. The molecule has 1 aliphatic heterocycles. The molecule has 0 bridgehead atoms. The van der Waals surface area contributed by atoms with Crippen LogP contribution in [0, 0.1) is 5.82 Å². The number of ether oxygens (including phenoxy) is 1. The lowest BCUT2D eigenvalue weighted by Gasteiger charge is -2.34. The van der Waals surface area contributed by atoms with Gasteiger partial charge in [-0.05, 0) is 33.6 Å². The summed E-state index contributed by atoms with van der Waals surface area (Å²) in [7, 11) is 0. The Morgan fingerprint density at radius 1 is 1.47 bits per heavy atom. The predicted octanol–water partition coefficient (Wildman–Crippen LogP) is 2.44. The van der Waals surface area contributed by atoms with Gasteiger partial charge in [0.2, 0.25) is 0 Å². The van der Waals surface area contributed by atoms with Gasteiger partial charge in [-0.3, -0.25) is 9.69 Å². The van der Waals surface area contributed by atoms with E-state index in [9.17, 15) is 9.18 Å². The molecule has 0 amide bonds. The van der Waals surface area contributed by atoms with Crippen molar-refractivity contribution in [2.75, 3.05) is 26.3 Å². The van der Waals surface area contributed by atoms with Crippen molar-refractivity contribution in [2.24, 2.45) is 0 Å². The van der Waals surface area contributed by atoms with Crippen LogP contribution >= 0.6 is 15.9 Å². The number of carboxylic acid groups (broad SMARTS) is 1. The van der Waals surface area contributed by atoms with E-state index in [-0.39, 0.29) is 18.3 Å². The molecule has 1 unspecified atom stereocenters. The second-order valence-corrected chi connectivity index (χ2v) is 5.29. The maximum absolute atomic E-state index is 13.3. The second kappa shape index (κ2) is 6.45. The van der Waals surface area contributed by atoms with Crippen LogP contribution in [0.25, 0.3) is 0 Å². The fourth-order valence-electron chi connectivity index (χ4n) is 2.23. The van der Waals surface area contributed by atoms with E-state index in [1.165, 1.54) is 6.07 Å². The maximum Gasteiger partial charge on any atom is 0.305 e. The lowest BCUT2D eigenvalue weighted by molar-refractivity contribution is -0.139. The Labute approximate surface area is 119 Å². The van der Waals surface area contributed by atoms with Crippen LogP contribution in [0.3, 0.4) is 0 Å². The summed E-state index contributed by atoms with van der Waals surface area (Å²) in [6.07, 6.45) is -0.00191. The molecule has 0 saturated carbocycles. The van der Waals surface area contributed by atoms with Gasteiger partial charge in [-0.1, -0.05) is 6.07 Å².